The van der Waals surface area contributed by atoms with Crippen LogP contribution in [0.3, 0.4) is 0 Å². The number of hydrogen-bond donors (Lipinski definition) is 0. The standard InChI is InChI=1S/C44H29N5O2/c1-44(2)33-19-10-9-16-30(33)31-17-11-18-32(38(31)44)41-48-39(28-20-22-36-34(24-28)45-42(50-36)26-12-5-3-6-13-26)47-40(49-41)29-21-23-37-35(25-29)46-43(51-37)27-14-7-4-8-15-27/h3-25H,1-2H3. The minimum atomic E-state index is -0.254. The van der Waals surface area contributed by atoms with Crippen molar-refractivity contribution < 1.29 is 8.83 Å². The summed E-state index contributed by atoms with van der Waals surface area (Å²) in [6, 6.07) is 46.6. The Bertz CT molecular complexity index is 2650. The van der Waals surface area contributed by atoms with Crippen molar-refractivity contribution in [1.29, 1.82) is 0 Å². The molecule has 1 aliphatic rings. The topological polar surface area (TPSA) is 90.7 Å². The predicted octanol–water partition coefficient (Wildman–Crippen LogP) is 10.8. The van der Waals surface area contributed by atoms with Crippen molar-refractivity contribution in [3.05, 3.63) is 151 Å². The average Bonchev–Trinajstić information content (AvgIpc) is 3.88. The molecule has 242 valence electrons. The predicted molar refractivity (Wildman–Crippen MR) is 200 cm³/mol. The first kappa shape index (κ1) is 29.2. The van der Waals surface area contributed by atoms with E-state index in [0.717, 1.165) is 38.9 Å². The molecule has 10 rings (SSSR count). The Labute approximate surface area is 293 Å². The molecule has 0 saturated heterocycles. The number of nitrogens with zero attached hydrogens (tertiary/aromatic N) is 5. The van der Waals surface area contributed by atoms with Crippen LogP contribution in [0.15, 0.2) is 148 Å². The van der Waals surface area contributed by atoms with E-state index in [9.17, 15) is 0 Å². The fraction of sp³-hybridized carbons (Fsp3) is 0.0682. The number of aromatic nitrogens is 5. The normalized spacial score (nSPS) is 13.1. The molecule has 6 aromatic carbocycles. The highest BCUT2D eigenvalue weighted by Crippen LogP contribution is 2.51. The van der Waals surface area contributed by atoms with E-state index in [2.05, 4.69) is 56.3 Å². The lowest BCUT2D eigenvalue weighted by Gasteiger charge is -2.24. The summed E-state index contributed by atoms with van der Waals surface area (Å²) in [6.45, 7) is 4.55. The molecular formula is C44H29N5O2. The van der Waals surface area contributed by atoms with Crippen molar-refractivity contribution in [2.24, 2.45) is 0 Å². The van der Waals surface area contributed by atoms with Crippen LogP contribution in [0.1, 0.15) is 25.0 Å². The Hall–Kier alpha value is -6.73. The van der Waals surface area contributed by atoms with Crippen molar-refractivity contribution in [3.8, 4) is 68.2 Å². The van der Waals surface area contributed by atoms with Crippen molar-refractivity contribution in [1.82, 2.24) is 24.9 Å². The molecule has 0 aliphatic heterocycles. The zero-order valence-electron chi connectivity index (χ0n) is 27.8. The van der Waals surface area contributed by atoms with E-state index >= 15 is 0 Å². The van der Waals surface area contributed by atoms with Crippen LogP contribution in [0.2, 0.25) is 0 Å². The molecule has 7 heteroatoms. The molecule has 9 aromatic rings. The Morgan fingerprint density at radius 1 is 0.412 bits per heavy atom. The summed E-state index contributed by atoms with van der Waals surface area (Å²) < 4.78 is 12.3. The summed E-state index contributed by atoms with van der Waals surface area (Å²) in [4.78, 5) is 25.1. The fourth-order valence-electron chi connectivity index (χ4n) is 7.33. The van der Waals surface area contributed by atoms with Crippen molar-refractivity contribution in [2.75, 3.05) is 0 Å². The Kier molecular flexibility index (Phi) is 6.39. The van der Waals surface area contributed by atoms with Crippen LogP contribution in [-0.2, 0) is 5.41 Å². The highest BCUT2D eigenvalue weighted by Gasteiger charge is 2.38. The van der Waals surface area contributed by atoms with Gasteiger partial charge >= 0.3 is 0 Å². The van der Waals surface area contributed by atoms with Gasteiger partial charge in [0.05, 0.1) is 0 Å². The SMILES string of the molecule is CC1(C)c2ccccc2-c2cccc(-c3nc(-c4ccc5oc(-c6ccccc6)nc5c4)nc(-c4ccc5oc(-c6ccccc6)nc5c4)n3)c21. The number of rotatable bonds is 5. The molecule has 0 N–H and O–H groups in total. The van der Waals surface area contributed by atoms with Gasteiger partial charge in [0.25, 0.3) is 0 Å². The van der Waals surface area contributed by atoms with Gasteiger partial charge in [0.1, 0.15) is 11.0 Å². The van der Waals surface area contributed by atoms with Crippen LogP contribution in [0.4, 0.5) is 0 Å². The Balaban J connectivity index is 1.15. The van der Waals surface area contributed by atoms with E-state index < -0.39 is 0 Å². The third kappa shape index (κ3) is 4.77. The van der Waals surface area contributed by atoms with E-state index in [0.29, 0.717) is 40.4 Å². The summed E-state index contributed by atoms with van der Waals surface area (Å²) in [5, 5.41) is 0. The van der Waals surface area contributed by atoms with Crippen LogP contribution < -0.4 is 0 Å². The molecule has 0 fully saturated rings. The smallest absolute Gasteiger partial charge is 0.227 e. The first-order valence-corrected chi connectivity index (χ1v) is 16.9. The third-order valence-electron chi connectivity index (χ3n) is 9.79. The molecule has 1 aliphatic carbocycles. The molecule has 7 nitrogen and oxygen atoms in total. The van der Waals surface area contributed by atoms with E-state index in [4.69, 9.17) is 33.8 Å². The molecule has 3 heterocycles. The largest absolute Gasteiger partial charge is 0.436 e. The van der Waals surface area contributed by atoms with Crippen LogP contribution in [0.25, 0.3) is 90.4 Å². The number of fused-ring (bicyclic) bond motifs is 5. The van der Waals surface area contributed by atoms with Crippen molar-refractivity contribution in [2.45, 2.75) is 19.3 Å². The summed E-state index contributed by atoms with van der Waals surface area (Å²) in [5.41, 5.74) is 11.9. The minimum absolute atomic E-state index is 0.254. The number of hydrogen-bond acceptors (Lipinski definition) is 7. The van der Waals surface area contributed by atoms with Crippen LogP contribution in [-0.4, -0.2) is 24.9 Å². The molecule has 3 aromatic heterocycles. The maximum absolute atomic E-state index is 6.13. The molecular weight excluding hydrogens is 631 g/mol. The van der Waals surface area contributed by atoms with Gasteiger partial charge < -0.3 is 8.83 Å². The van der Waals surface area contributed by atoms with Gasteiger partial charge in [-0.25, -0.2) is 24.9 Å². The zero-order chi connectivity index (χ0) is 34.1. The Morgan fingerprint density at radius 2 is 0.902 bits per heavy atom. The molecule has 0 unspecified atom stereocenters. The van der Waals surface area contributed by atoms with Gasteiger partial charge in [-0.3, -0.25) is 0 Å². The van der Waals surface area contributed by atoms with E-state index in [1.165, 1.54) is 22.3 Å². The van der Waals surface area contributed by atoms with E-state index in [-0.39, 0.29) is 5.41 Å². The third-order valence-corrected chi connectivity index (χ3v) is 9.79. The van der Waals surface area contributed by atoms with E-state index in [1.54, 1.807) is 0 Å². The first-order valence-electron chi connectivity index (χ1n) is 16.9. The summed E-state index contributed by atoms with van der Waals surface area (Å²) in [7, 11) is 0. The number of oxazole rings is 2. The van der Waals surface area contributed by atoms with Crippen LogP contribution in [0, 0.1) is 0 Å². The highest BCUT2D eigenvalue weighted by molar-refractivity contribution is 5.88. The van der Waals surface area contributed by atoms with Crippen molar-refractivity contribution in [3.63, 3.8) is 0 Å². The van der Waals surface area contributed by atoms with Gasteiger partial charge in [-0.15, -0.1) is 0 Å². The minimum Gasteiger partial charge on any atom is -0.436 e. The second-order valence-corrected chi connectivity index (χ2v) is 13.3. The molecule has 0 atom stereocenters. The first-order chi connectivity index (χ1) is 25.0. The fourth-order valence-corrected chi connectivity index (χ4v) is 7.33. The number of benzene rings is 6. The van der Waals surface area contributed by atoms with Gasteiger partial charge in [0, 0.05) is 33.2 Å². The molecule has 0 saturated carbocycles. The molecule has 0 bridgehead atoms. The van der Waals surface area contributed by atoms with Gasteiger partial charge in [0.15, 0.2) is 28.6 Å². The summed E-state index contributed by atoms with van der Waals surface area (Å²) in [6.07, 6.45) is 0. The highest BCUT2D eigenvalue weighted by atomic mass is 16.4. The maximum Gasteiger partial charge on any atom is 0.227 e. The summed E-state index contributed by atoms with van der Waals surface area (Å²) in [5.74, 6) is 2.81. The van der Waals surface area contributed by atoms with Gasteiger partial charge in [-0.2, -0.15) is 0 Å². The lowest BCUT2D eigenvalue weighted by atomic mass is 9.80. The lowest BCUT2D eigenvalue weighted by molar-refractivity contribution is 0.619. The average molecular weight is 660 g/mol. The summed E-state index contributed by atoms with van der Waals surface area (Å²) >= 11 is 0. The quantitative estimate of drug-likeness (QED) is 0.182. The molecule has 0 radical (unpaired) electrons. The second kappa shape index (κ2) is 11.1. The molecule has 0 amide bonds. The van der Waals surface area contributed by atoms with Gasteiger partial charge in [0.2, 0.25) is 11.8 Å². The van der Waals surface area contributed by atoms with Gasteiger partial charge in [-0.1, -0.05) is 92.7 Å². The second-order valence-electron chi connectivity index (χ2n) is 13.3. The van der Waals surface area contributed by atoms with Crippen LogP contribution in [0.5, 0.6) is 0 Å². The molecule has 51 heavy (non-hydrogen) atoms. The van der Waals surface area contributed by atoms with Crippen molar-refractivity contribution >= 4 is 22.2 Å². The zero-order valence-corrected chi connectivity index (χ0v) is 27.8. The van der Waals surface area contributed by atoms with Crippen LogP contribution >= 0.6 is 0 Å². The van der Waals surface area contributed by atoms with E-state index in [1.807, 2.05) is 97.1 Å². The molecule has 0 spiro atoms. The Morgan fingerprint density at radius 3 is 1.49 bits per heavy atom. The van der Waals surface area contributed by atoms with Gasteiger partial charge in [-0.05, 0) is 82.9 Å². The maximum atomic E-state index is 6.13. The lowest BCUT2D eigenvalue weighted by Crippen LogP contribution is -2.17. The monoisotopic (exact) mass is 659 g/mol.